The fourth-order valence-corrected chi connectivity index (χ4v) is 4.74. The van der Waals surface area contributed by atoms with Crippen molar-refractivity contribution in [2.75, 3.05) is 39.5 Å². The molecule has 0 saturated carbocycles. The summed E-state index contributed by atoms with van der Waals surface area (Å²) in [4.78, 5) is 13.8. The molecule has 0 radical (unpaired) electrons. The van der Waals surface area contributed by atoms with Crippen LogP contribution in [-0.4, -0.2) is 68.2 Å². The van der Waals surface area contributed by atoms with Crippen LogP contribution in [0.3, 0.4) is 0 Å². The first-order chi connectivity index (χ1) is 11.7. The summed E-state index contributed by atoms with van der Waals surface area (Å²) in [5.74, 6) is -1.29. The van der Waals surface area contributed by atoms with Gasteiger partial charge in [0, 0.05) is 50.3 Å². The van der Waals surface area contributed by atoms with Crippen molar-refractivity contribution in [1.29, 1.82) is 0 Å². The number of fused-ring (bicyclic) bond motifs is 1. The molecule has 3 rings (SSSR count). The van der Waals surface area contributed by atoms with Crippen molar-refractivity contribution in [1.82, 2.24) is 9.21 Å². The van der Waals surface area contributed by atoms with E-state index in [2.05, 4.69) is 0 Å². The van der Waals surface area contributed by atoms with E-state index in [1.54, 1.807) is 12.1 Å². The molecule has 9 heteroatoms. The molecule has 25 heavy (non-hydrogen) atoms. The van der Waals surface area contributed by atoms with Crippen LogP contribution in [0, 0.1) is 17.2 Å². The van der Waals surface area contributed by atoms with Crippen molar-refractivity contribution in [3.05, 3.63) is 29.6 Å². The second-order valence-electron chi connectivity index (χ2n) is 6.84. The van der Waals surface area contributed by atoms with E-state index in [1.165, 1.54) is 17.5 Å². The van der Waals surface area contributed by atoms with E-state index < -0.39 is 27.2 Å². The highest BCUT2D eigenvalue weighted by Gasteiger charge is 2.59. The molecular weight excluding hydrogens is 351 g/mol. The van der Waals surface area contributed by atoms with Crippen LogP contribution in [0.1, 0.15) is 5.56 Å². The predicted octanol–water partition coefficient (Wildman–Crippen LogP) is 0.612. The molecular formula is C16H21FN2O5S. The number of carboxylic acids is 1. The number of carbonyl (C=O) groups is 1. The molecule has 0 spiro atoms. The molecule has 1 aromatic carbocycles. The van der Waals surface area contributed by atoms with Crippen LogP contribution >= 0.6 is 0 Å². The Labute approximate surface area is 146 Å². The van der Waals surface area contributed by atoms with Crippen LogP contribution in [0.4, 0.5) is 4.39 Å². The SMILES string of the molecule is COc1ccc(CN2C[C@H]3CN(S(C)(=O)=O)C[C@@]3(C(=O)O)C2)c(F)c1. The molecule has 2 aliphatic rings. The van der Waals surface area contributed by atoms with Crippen molar-refractivity contribution in [2.45, 2.75) is 6.54 Å². The minimum atomic E-state index is -3.43. The summed E-state index contributed by atoms with van der Waals surface area (Å²) in [6.45, 7) is 1.05. The maximum atomic E-state index is 14.1. The average Bonchev–Trinajstić information content (AvgIpc) is 3.04. The molecule has 0 unspecified atom stereocenters. The molecule has 2 fully saturated rings. The molecule has 0 aliphatic carbocycles. The third-order valence-electron chi connectivity index (χ3n) is 5.20. The molecule has 1 aromatic rings. The van der Waals surface area contributed by atoms with Crippen molar-refractivity contribution >= 4 is 16.0 Å². The zero-order chi connectivity index (χ0) is 18.4. The number of rotatable bonds is 5. The monoisotopic (exact) mass is 372 g/mol. The Hall–Kier alpha value is -1.71. The fraction of sp³-hybridized carbons (Fsp3) is 0.562. The number of likely N-dealkylation sites (tertiary alicyclic amines) is 1. The molecule has 2 aliphatic heterocycles. The summed E-state index contributed by atoms with van der Waals surface area (Å²) in [6, 6.07) is 4.58. The lowest BCUT2D eigenvalue weighted by Crippen LogP contribution is -2.41. The summed E-state index contributed by atoms with van der Waals surface area (Å²) in [6.07, 6.45) is 1.09. The quantitative estimate of drug-likeness (QED) is 0.815. The third-order valence-corrected chi connectivity index (χ3v) is 6.41. The predicted molar refractivity (Wildman–Crippen MR) is 88.2 cm³/mol. The molecule has 0 amide bonds. The van der Waals surface area contributed by atoms with E-state index in [1.807, 2.05) is 4.90 Å². The van der Waals surface area contributed by atoms with Gasteiger partial charge in [0.05, 0.1) is 18.8 Å². The van der Waals surface area contributed by atoms with Gasteiger partial charge in [-0.3, -0.25) is 9.69 Å². The Kier molecular flexibility index (Phi) is 4.50. The number of halogens is 1. The fourth-order valence-electron chi connectivity index (χ4n) is 3.82. The maximum absolute atomic E-state index is 14.1. The number of sulfonamides is 1. The molecule has 2 saturated heterocycles. The number of ether oxygens (including phenoxy) is 1. The van der Waals surface area contributed by atoms with Gasteiger partial charge < -0.3 is 9.84 Å². The highest BCUT2D eigenvalue weighted by Crippen LogP contribution is 2.44. The van der Waals surface area contributed by atoms with Gasteiger partial charge in [-0.25, -0.2) is 17.1 Å². The molecule has 1 N–H and O–H groups in total. The summed E-state index contributed by atoms with van der Waals surface area (Å²) in [5.41, 5.74) is -0.673. The smallest absolute Gasteiger partial charge is 0.312 e. The molecule has 2 atom stereocenters. The average molecular weight is 372 g/mol. The van der Waals surface area contributed by atoms with Crippen LogP contribution in [0.5, 0.6) is 5.75 Å². The normalized spacial score (nSPS) is 27.4. The van der Waals surface area contributed by atoms with Gasteiger partial charge in [-0.15, -0.1) is 0 Å². The van der Waals surface area contributed by atoms with Crippen LogP contribution in [-0.2, 0) is 21.4 Å². The molecule has 138 valence electrons. The molecule has 0 bridgehead atoms. The van der Waals surface area contributed by atoms with E-state index in [9.17, 15) is 22.7 Å². The zero-order valence-electron chi connectivity index (χ0n) is 14.1. The highest BCUT2D eigenvalue weighted by molar-refractivity contribution is 7.88. The third kappa shape index (κ3) is 3.23. The first kappa shape index (κ1) is 18.1. The van der Waals surface area contributed by atoms with Gasteiger partial charge in [0.15, 0.2) is 0 Å². The van der Waals surface area contributed by atoms with Crippen molar-refractivity contribution in [2.24, 2.45) is 11.3 Å². The zero-order valence-corrected chi connectivity index (χ0v) is 14.9. The summed E-state index contributed by atoms with van der Waals surface area (Å²) < 4.78 is 43.9. The maximum Gasteiger partial charge on any atom is 0.312 e. The van der Waals surface area contributed by atoms with Crippen LogP contribution in [0.15, 0.2) is 18.2 Å². The van der Waals surface area contributed by atoms with Gasteiger partial charge in [-0.05, 0) is 6.07 Å². The van der Waals surface area contributed by atoms with Gasteiger partial charge in [0.25, 0.3) is 0 Å². The largest absolute Gasteiger partial charge is 0.497 e. The Morgan fingerprint density at radius 3 is 2.64 bits per heavy atom. The number of methoxy groups -OCH3 is 1. The lowest BCUT2D eigenvalue weighted by Gasteiger charge is -2.24. The van der Waals surface area contributed by atoms with E-state index in [-0.39, 0.29) is 32.1 Å². The Balaban J connectivity index is 1.78. The van der Waals surface area contributed by atoms with Gasteiger partial charge in [0.1, 0.15) is 11.6 Å². The number of hydrogen-bond donors (Lipinski definition) is 1. The van der Waals surface area contributed by atoms with Gasteiger partial charge in [0.2, 0.25) is 10.0 Å². The first-order valence-corrected chi connectivity index (χ1v) is 9.74. The lowest BCUT2D eigenvalue weighted by molar-refractivity contribution is -0.148. The van der Waals surface area contributed by atoms with E-state index in [4.69, 9.17) is 4.74 Å². The second kappa shape index (κ2) is 6.22. The summed E-state index contributed by atoms with van der Waals surface area (Å²) in [7, 11) is -1.97. The Bertz CT molecular complexity index is 800. The molecule has 0 aromatic heterocycles. The van der Waals surface area contributed by atoms with Crippen molar-refractivity contribution < 1.29 is 27.4 Å². The van der Waals surface area contributed by atoms with Crippen molar-refractivity contribution in [3.8, 4) is 5.75 Å². The first-order valence-electron chi connectivity index (χ1n) is 7.89. The van der Waals surface area contributed by atoms with E-state index in [0.29, 0.717) is 17.9 Å². The Morgan fingerprint density at radius 1 is 1.40 bits per heavy atom. The summed E-state index contributed by atoms with van der Waals surface area (Å²) in [5, 5.41) is 9.73. The number of nitrogens with zero attached hydrogens (tertiary/aromatic N) is 2. The number of aliphatic carboxylic acids is 1. The number of hydrogen-bond acceptors (Lipinski definition) is 5. The van der Waals surface area contributed by atoms with Crippen LogP contribution in [0.25, 0.3) is 0 Å². The van der Waals surface area contributed by atoms with Gasteiger partial charge >= 0.3 is 5.97 Å². The second-order valence-corrected chi connectivity index (χ2v) is 8.82. The van der Waals surface area contributed by atoms with Crippen LogP contribution < -0.4 is 4.74 Å². The van der Waals surface area contributed by atoms with Gasteiger partial charge in [-0.1, -0.05) is 6.07 Å². The van der Waals surface area contributed by atoms with E-state index in [0.717, 1.165) is 6.26 Å². The highest BCUT2D eigenvalue weighted by atomic mass is 32.2. The van der Waals surface area contributed by atoms with Gasteiger partial charge in [-0.2, -0.15) is 0 Å². The van der Waals surface area contributed by atoms with Crippen LogP contribution in [0.2, 0.25) is 0 Å². The van der Waals surface area contributed by atoms with Crippen molar-refractivity contribution in [3.63, 3.8) is 0 Å². The number of benzene rings is 1. The minimum absolute atomic E-state index is 0.0343. The topological polar surface area (TPSA) is 87.2 Å². The van der Waals surface area contributed by atoms with E-state index >= 15 is 0 Å². The minimum Gasteiger partial charge on any atom is -0.497 e. The molecule has 7 nitrogen and oxygen atoms in total. The summed E-state index contributed by atoms with van der Waals surface area (Å²) >= 11 is 0. The standard InChI is InChI=1S/C16H21FN2O5S/c1-24-13-4-3-11(14(17)5-13)6-18-7-12-8-19(25(2,22)23)10-16(12,9-18)15(20)21/h3-5,12H,6-10H2,1-2H3,(H,20,21)/t12-,16-/m0/s1. The Morgan fingerprint density at radius 2 is 2.12 bits per heavy atom. The number of carboxylic acid groups (broad SMARTS) is 1. The molecule has 2 heterocycles. The lowest BCUT2D eigenvalue weighted by atomic mass is 9.81.